The van der Waals surface area contributed by atoms with E-state index in [-0.39, 0.29) is 0 Å². The van der Waals surface area contributed by atoms with E-state index < -0.39 is 10.0 Å². The van der Waals surface area contributed by atoms with Crippen LogP contribution in [0.5, 0.6) is 0 Å². The Morgan fingerprint density at radius 3 is 2.67 bits per heavy atom. The van der Waals surface area contributed by atoms with Gasteiger partial charge in [-0.05, 0) is 36.8 Å². The second-order valence-corrected chi connectivity index (χ2v) is 7.10. The van der Waals surface area contributed by atoms with E-state index in [1.165, 1.54) is 6.26 Å². The van der Waals surface area contributed by atoms with Crippen molar-refractivity contribution in [1.82, 2.24) is 9.29 Å². The van der Waals surface area contributed by atoms with Gasteiger partial charge >= 0.3 is 0 Å². The van der Waals surface area contributed by atoms with Crippen LogP contribution in [0.25, 0.3) is 0 Å². The predicted octanol–water partition coefficient (Wildman–Crippen LogP) is 1.95. The molecule has 0 bridgehead atoms. The Kier molecular flexibility index (Phi) is 4.25. The van der Waals surface area contributed by atoms with Crippen LogP contribution in [0, 0.1) is 5.92 Å². The van der Waals surface area contributed by atoms with Crippen molar-refractivity contribution in [3.05, 3.63) is 29.0 Å². The number of aromatic nitrogens is 1. The first-order valence-corrected chi connectivity index (χ1v) is 8.24. The molecular weight excluding hydrogens is 272 g/mol. The van der Waals surface area contributed by atoms with E-state index in [0.29, 0.717) is 24.2 Å². The summed E-state index contributed by atoms with van der Waals surface area (Å²) < 4.78 is 24.4. The second-order valence-electron chi connectivity index (χ2n) is 4.76. The summed E-state index contributed by atoms with van der Waals surface area (Å²) in [4.78, 5) is 4.06. The molecule has 4 nitrogen and oxygen atoms in total. The minimum atomic E-state index is -3.04. The Bertz CT molecular complexity index is 511. The normalized spacial score (nSPS) is 19.0. The maximum absolute atomic E-state index is 11.4. The SMILES string of the molecule is CS(=O)(=O)N1CCC(Cc2cccnc2Cl)CC1. The van der Waals surface area contributed by atoms with E-state index in [1.54, 1.807) is 10.5 Å². The lowest BCUT2D eigenvalue weighted by molar-refractivity contribution is 0.274. The first kappa shape index (κ1) is 13.8. The number of sulfonamides is 1. The molecule has 0 atom stereocenters. The van der Waals surface area contributed by atoms with Crippen LogP contribution in [-0.2, 0) is 16.4 Å². The largest absolute Gasteiger partial charge is 0.244 e. The molecule has 0 radical (unpaired) electrons. The number of nitrogens with zero attached hydrogens (tertiary/aromatic N) is 2. The van der Waals surface area contributed by atoms with Gasteiger partial charge in [-0.25, -0.2) is 17.7 Å². The van der Waals surface area contributed by atoms with E-state index in [1.807, 2.05) is 12.1 Å². The van der Waals surface area contributed by atoms with Gasteiger partial charge in [0.1, 0.15) is 5.15 Å². The van der Waals surface area contributed by atoms with E-state index >= 15 is 0 Å². The van der Waals surface area contributed by atoms with Gasteiger partial charge in [-0.3, -0.25) is 0 Å². The van der Waals surface area contributed by atoms with Crippen molar-refractivity contribution in [3.8, 4) is 0 Å². The molecule has 0 saturated carbocycles. The molecule has 0 N–H and O–H groups in total. The van der Waals surface area contributed by atoms with Crippen molar-refractivity contribution in [2.24, 2.45) is 5.92 Å². The van der Waals surface area contributed by atoms with Gasteiger partial charge in [0.15, 0.2) is 0 Å². The number of hydrogen-bond donors (Lipinski definition) is 0. The van der Waals surface area contributed by atoms with Crippen molar-refractivity contribution in [2.45, 2.75) is 19.3 Å². The lowest BCUT2D eigenvalue weighted by Gasteiger charge is -2.30. The molecule has 1 fully saturated rings. The smallest absolute Gasteiger partial charge is 0.211 e. The van der Waals surface area contributed by atoms with Crippen LogP contribution in [0.15, 0.2) is 18.3 Å². The topological polar surface area (TPSA) is 50.3 Å². The third-order valence-corrected chi connectivity index (χ3v) is 5.03. The van der Waals surface area contributed by atoms with Crippen molar-refractivity contribution in [2.75, 3.05) is 19.3 Å². The molecular formula is C12H17ClN2O2S. The fourth-order valence-electron chi connectivity index (χ4n) is 2.33. The van der Waals surface area contributed by atoms with Crippen LogP contribution >= 0.6 is 11.6 Å². The summed E-state index contributed by atoms with van der Waals surface area (Å²) in [5.74, 6) is 0.490. The molecule has 1 aliphatic rings. The molecule has 1 aliphatic heterocycles. The second kappa shape index (κ2) is 5.55. The van der Waals surface area contributed by atoms with Crippen LogP contribution in [0.3, 0.4) is 0 Å². The molecule has 6 heteroatoms. The Balaban J connectivity index is 1.94. The summed E-state index contributed by atoms with van der Waals surface area (Å²) in [6, 6.07) is 3.87. The average Bonchev–Trinajstić information content (AvgIpc) is 2.32. The van der Waals surface area contributed by atoms with Crippen molar-refractivity contribution in [3.63, 3.8) is 0 Å². The van der Waals surface area contributed by atoms with Crippen LogP contribution in [-0.4, -0.2) is 37.1 Å². The van der Waals surface area contributed by atoms with Gasteiger partial charge in [0, 0.05) is 19.3 Å². The molecule has 100 valence electrons. The Morgan fingerprint density at radius 1 is 1.44 bits per heavy atom. The summed E-state index contributed by atoms with van der Waals surface area (Å²) in [7, 11) is -3.04. The van der Waals surface area contributed by atoms with Gasteiger partial charge in [-0.15, -0.1) is 0 Å². The van der Waals surface area contributed by atoms with Crippen LogP contribution in [0.4, 0.5) is 0 Å². The summed E-state index contributed by atoms with van der Waals surface area (Å²) in [6.07, 6.45) is 5.60. The highest BCUT2D eigenvalue weighted by molar-refractivity contribution is 7.88. The lowest BCUT2D eigenvalue weighted by Crippen LogP contribution is -2.38. The number of pyridine rings is 1. The number of hydrogen-bond acceptors (Lipinski definition) is 3. The molecule has 1 saturated heterocycles. The molecule has 0 aromatic carbocycles. The third-order valence-electron chi connectivity index (χ3n) is 3.39. The quantitative estimate of drug-likeness (QED) is 0.799. The number of halogens is 1. The Labute approximate surface area is 113 Å². The fourth-order valence-corrected chi connectivity index (χ4v) is 3.40. The zero-order valence-corrected chi connectivity index (χ0v) is 11.9. The zero-order valence-electron chi connectivity index (χ0n) is 10.3. The Morgan fingerprint density at radius 2 is 2.11 bits per heavy atom. The lowest BCUT2D eigenvalue weighted by atomic mass is 9.91. The maximum Gasteiger partial charge on any atom is 0.211 e. The summed E-state index contributed by atoms with van der Waals surface area (Å²) in [5, 5.41) is 0.558. The average molecular weight is 289 g/mol. The van der Waals surface area contributed by atoms with Gasteiger partial charge in [0.25, 0.3) is 0 Å². The molecule has 0 aliphatic carbocycles. The zero-order chi connectivity index (χ0) is 13.2. The summed E-state index contributed by atoms with van der Waals surface area (Å²) in [6.45, 7) is 1.22. The molecule has 1 aromatic rings. The van der Waals surface area contributed by atoms with E-state index in [0.717, 1.165) is 24.8 Å². The first-order chi connectivity index (χ1) is 8.47. The molecule has 0 spiro atoms. The highest BCUT2D eigenvalue weighted by Crippen LogP contribution is 2.25. The molecule has 2 rings (SSSR count). The standard InChI is InChI=1S/C12H17ClN2O2S/c1-18(16,17)15-7-4-10(5-8-15)9-11-3-2-6-14-12(11)13/h2-3,6,10H,4-5,7-9H2,1H3. The molecule has 1 aromatic heterocycles. The van der Waals surface area contributed by atoms with E-state index in [2.05, 4.69) is 4.98 Å². The van der Waals surface area contributed by atoms with Crippen molar-refractivity contribution < 1.29 is 8.42 Å². The number of rotatable bonds is 3. The summed E-state index contributed by atoms with van der Waals surface area (Å²) >= 11 is 6.03. The number of piperidine rings is 1. The molecule has 0 unspecified atom stereocenters. The van der Waals surface area contributed by atoms with Gasteiger partial charge in [0.2, 0.25) is 10.0 Å². The molecule has 18 heavy (non-hydrogen) atoms. The predicted molar refractivity (Wildman–Crippen MR) is 72.1 cm³/mol. The van der Waals surface area contributed by atoms with Crippen molar-refractivity contribution in [1.29, 1.82) is 0 Å². The first-order valence-electron chi connectivity index (χ1n) is 6.01. The highest BCUT2D eigenvalue weighted by atomic mass is 35.5. The minimum absolute atomic E-state index is 0.490. The monoisotopic (exact) mass is 288 g/mol. The van der Waals surface area contributed by atoms with Gasteiger partial charge < -0.3 is 0 Å². The van der Waals surface area contributed by atoms with E-state index in [9.17, 15) is 8.42 Å². The van der Waals surface area contributed by atoms with Crippen LogP contribution in [0.2, 0.25) is 5.15 Å². The Hall–Kier alpha value is -0.650. The third kappa shape index (κ3) is 3.43. The van der Waals surface area contributed by atoms with E-state index in [4.69, 9.17) is 11.6 Å². The molecule has 0 amide bonds. The minimum Gasteiger partial charge on any atom is -0.244 e. The maximum atomic E-state index is 11.4. The van der Waals surface area contributed by atoms with Crippen molar-refractivity contribution >= 4 is 21.6 Å². The highest BCUT2D eigenvalue weighted by Gasteiger charge is 2.25. The van der Waals surface area contributed by atoms with Gasteiger partial charge in [0.05, 0.1) is 6.26 Å². The van der Waals surface area contributed by atoms with Crippen LogP contribution in [0.1, 0.15) is 18.4 Å². The van der Waals surface area contributed by atoms with Gasteiger partial charge in [-0.2, -0.15) is 0 Å². The van der Waals surface area contributed by atoms with Crippen LogP contribution < -0.4 is 0 Å². The fraction of sp³-hybridized carbons (Fsp3) is 0.583. The van der Waals surface area contributed by atoms with Gasteiger partial charge in [-0.1, -0.05) is 17.7 Å². The summed E-state index contributed by atoms with van der Waals surface area (Å²) in [5.41, 5.74) is 1.05. The molecule has 2 heterocycles.